The fourth-order valence-electron chi connectivity index (χ4n) is 7.60. The molecule has 4 aliphatic heterocycles. The lowest BCUT2D eigenvalue weighted by molar-refractivity contribution is -0.153. The zero-order valence-corrected chi connectivity index (χ0v) is 25.5. The van der Waals surface area contributed by atoms with Crippen LogP contribution in [-0.2, 0) is 32.3 Å². The Hall–Kier alpha value is -4.35. The Morgan fingerprint density at radius 2 is 1.73 bits per heavy atom. The lowest BCUT2D eigenvalue weighted by atomic mass is 9.77. The van der Waals surface area contributed by atoms with E-state index in [1.165, 1.54) is 0 Å². The van der Waals surface area contributed by atoms with Crippen LogP contribution in [-0.4, -0.2) is 96.0 Å². The number of para-hydroxylation sites is 1. The van der Waals surface area contributed by atoms with Crippen LogP contribution in [0.25, 0.3) is 11.0 Å². The number of carbonyl (C=O) groups excluding carboxylic acids is 3. The van der Waals surface area contributed by atoms with Gasteiger partial charge in [-0.25, -0.2) is 4.68 Å². The van der Waals surface area contributed by atoms with Crippen LogP contribution in [0.2, 0.25) is 0 Å². The molecule has 3 aromatic rings. The van der Waals surface area contributed by atoms with E-state index in [9.17, 15) is 19.5 Å². The Morgan fingerprint density at radius 3 is 2.51 bits per heavy atom. The van der Waals surface area contributed by atoms with E-state index in [0.717, 1.165) is 11.1 Å². The molecule has 45 heavy (non-hydrogen) atoms. The lowest BCUT2D eigenvalue weighted by Gasteiger charge is -2.40. The van der Waals surface area contributed by atoms with Gasteiger partial charge in [-0.3, -0.25) is 14.4 Å². The quantitative estimate of drug-likeness (QED) is 0.389. The number of aliphatic hydroxyl groups excluding tert-OH is 1. The molecule has 11 nitrogen and oxygen atoms in total. The first-order valence-electron chi connectivity index (χ1n) is 15.7. The predicted molar refractivity (Wildman–Crippen MR) is 165 cm³/mol. The second-order valence-corrected chi connectivity index (χ2v) is 12.5. The number of nitrogens with zero attached hydrogens (tertiary/aromatic N) is 6. The van der Waals surface area contributed by atoms with Gasteiger partial charge in [0.2, 0.25) is 11.8 Å². The highest BCUT2D eigenvalue weighted by Crippen LogP contribution is 2.54. The summed E-state index contributed by atoms with van der Waals surface area (Å²) in [4.78, 5) is 48.7. The monoisotopic (exact) mass is 610 g/mol. The highest BCUT2D eigenvalue weighted by molar-refractivity contribution is 6.00. The summed E-state index contributed by atoms with van der Waals surface area (Å²) in [6.07, 6.45) is 7.50. The first-order valence-corrected chi connectivity index (χ1v) is 15.7. The van der Waals surface area contributed by atoms with E-state index in [-0.39, 0.29) is 43.5 Å². The van der Waals surface area contributed by atoms with Crippen LogP contribution in [0.4, 0.5) is 0 Å². The third-order valence-electron chi connectivity index (χ3n) is 10.0. The third kappa shape index (κ3) is 4.67. The third-order valence-corrected chi connectivity index (χ3v) is 10.0. The van der Waals surface area contributed by atoms with Crippen LogP contribution in [0.15, 0.2) is 78.9 Å². The fraction of sp³-hybridized carbons (Fsp3) is 0.441. The van der Waals surface area contributed by atoms with Crippen LogP contribution in [0.3, 0.4) is 0 Å². The number of rotatable bonds is 8. The molecule has 2 fully saturated rings. The molecule has 5 heterocycles. The number of carbonyl (C=O) groups is 3. The second kappa shape index (κ2) is 11.5. The van der Waals surface area contributed by atoms with Crippen molar-refractivity contribution < 1.29 is 24.2 Å². The van der Waals surface area contributed by atoms with Crippen molar-refractivity contribution in [3.63, 3.8) is 0 Å². The molecule has 2 aromatic carbocycles. The molecule has 7 atom stereocenters. The van der Waals surface area contributed by atoms with Gasteiger partial charge in [-0.05, 0) is 23.6 Å². The van der Waals surface area contributed by atoms with Crippen molar-refractivity contribution in [2.75, 3.05) is 19.7 Å². The van der Waals surface area contributed by atoms with Crippen molar-refractivity contribution in [1.29, 1.82) is 0 Å². The summed E-state index contributed by atoms with van der Waals surface area (Å²) in [6, 6.07) is 15.6. The van der Waals surface area contributed by atoms with Crippen molar-refractivity contribution in [3.05, 3.63) is 84.5 Å². The molecule has 0 aliphatic carbocycles. The van der Waals surface area contributed by atoms with E-state index in [0.29, 0.717) is 25.0 Å². The summed E-state index contributed by atoms with van der Waals surface area (Å²) in [5.41, 5.74) is 1.11. The Kier molecular flexibility index (Phi) is 7.53. The van der Waals surface area contributed by atoms with E-state index < -0.39 is 35.6 Å². The zero-order valence-electron chi connectivity index (χ0n) is 25.5. The minimum Gasteiger partial charge on any atom is -0.394 e. The summed E-state index contributed by atoms with van der Waals surface area (Å²) < 4.78 is 8.46. The van der Waals surface area contributed by atoms with Crippen LogP contribution in [0.1, 0.15) is 25.8 Å². The van der Waals surface area contributed by atoms with Gasteiger partial charge >= 0.3 is 0 Å². The van der Waals surface area contributed by atoms with E-state index in [2.05, 4.69) is 10.3 Å². The maximum absolute atomic E-state index is 14.7. The molecule has 0 saturated carbocycles. The van der Waals surface area contributed by atoms with Crippen LogP contribution in [0.5, 0.6) is 0 Å². The smallest absolute Gasteiger partial charge is 0.250 e. The number of hydrogen-bond donors (Lipinski definition) is 1. The maximum Gasteiger partial charge on any atom is 0.250 e. The van der Waals surface area contributed by atoms with Gasteiger partial charge in [0.05, 0.1) is 36.1 Å². The average Bonchev–Trinajstić information content (AvgIpc) is 3.61. The first kappa shape index (κ1) is 29.4. The molecule has 11 heteroatoms. The molecule has 1 aromatic heterocycles. The molecule has 0 bridgehead atoms. The van der Waals surface area contributed by atoms with Gasteiger partial charge in [-0.15, -0.1) is 5.10 Å². The van der Waals surface area contributed by atoms with Gasteiger partial charge in [0.25, 0.3) is 5.91 Å². The lowest BCUT2D eigenvalue weighted by Crippen LogP contribution is -2.59. The maximum atomic E-state index is 14.7. The van der Waals surface area contributed by atoms with Gasteiger partial charge in [-0.1, -0.05) is 92.3 Å². The van der Waals surface area contributed by atoms with E-state index in [1.54, 1.807) is 19.4 Å². The number of benzene rings is 2. The van der Waals surface area contributed by atoms with Crippen molar-refractivity contribution in [2.45, 2.75) is 57.3 Å². The van der Waals surface area contributed by atoms with Gasteiger partial charge in [0.15, 0.2) is 0 Å². The fourth-order valence-corrected chi connectivity index (χ4v) is 7.60. The van der Waals surface area contributed by atoms with E-state index >= 15 is 0 Å². The average molecular weight is 611 g/mol. The molecule has 1 N–H and O–H groups in total. The van der Waals surface area contributed by atoms with Crippen molar-refractivity contribution in [2.24, 2.45) is 17.8 Å². The standard InChI is InChI=1S/C34H38N6O5/c1-3-22(2)26(20-41)40-30-33(44)38(21-39-25-14-8-7-13-24(25)35-36-39)18-10-16-34(30)29(32(40)43)28-27(45-34)15-9-17-37(31(28)42)19-23-11-5-4-6-12-23/h4-16,22,26-30,41H,3,17-21H2,1-2H3/t22-,26-,27-,28+,29-,30?,34-/m0/s1. The number of ether oxygens (including phenoxy) is 1. The Morgan fingerprint density at radius 1 is 0.978 bits per heavy atom. The molecule has 7 rings (SSSR count). The normalized spacial score (nSPS) is 29.0. The first-order chi connectivity index (χ1) is 21.9. The minimum absolute atomic E-state index is 0.0994. The van der Waals surface area contributed by atoms with Crippen LogP contribution >= 0.6 is 0 Å². The zero-order chi connectivity index (χ0) is 31.3. The summed E-state index contributed by atoms with van der Waals surface area (Å²) in [6.45, 7) is 4.82. The number of amides is 3. The molecule has 234 valence electrons. The summed E-state index contributed by atoms with van der Waals surface area (Å²) in [7, 11) is 0. The van der Waals surface area contributed by atoms with Gasteiger partial charge in [0.1, 0.15) is 23.8 Å². The highest BCUT2D eigenvalue weighted by Gasteiger charge is 2.72. The van der Waals surface area contributed by atoms with Crippen molar-refractivity contribution in [3.8, 4) is 0 Å². The SMILES string of the molecule is CC[C@H](C)[C@H](CO)N1C(=O)[C@@H]2[C@@H]3C(=O)N(Cc4ccccc4)CC=C[C@@H]3O[C@@]23C=CCN(Cn2nnc4ccccc42)C(=O)C13. The molecular formula is C34H38N6O5. The number of hydrogen-bond acceptors (Lipinski definition) is 7. The second-order valence-electron chi connectivity index (χ2n) is 12.5. The van der Waals surface area contributed by atoms with Crippen molar-refractivity contribution >= 4 is 28.8 Å². The Balaban J connectivity index is 1.29. The summed E-state index contributed by atoms with van der Waals surface area (Å²) in [5.74, 6) is -2.66. The minimum atomic E-state index is -1.38. The molecule has 3 amide bonds. The van der Waals surface area contributed by atoms with Gasteiger partial charge < -0.3 is 24.5 Å². The van der Waals surface area contributed by atoms with Crippen molar-refractivity contribution in [1.82, 2.24) is 29.7 Å². The van der Waals surface area contributed by atoms with E-state index in [1.807, 2.05) is 92.7 Å². The summed E-state index contributed by atoms with van der Waals surface area (Å²) in [5, 5.41) is 19.2. The molecule has 1 unspecified atom stereocenters. The number of aromatic nitrogens is 3. The highest BCUT2D eigenvalue weighted by atomic mass is 16.5. The molecule has 0 radical (unpaired) electrons. The van der Waals surface area contributed by atoms with Crippen LogP contribution < -0.4 is 0 Å². The number of likely N-dealkylation sites (tertiary alicyclic amines) is 1. The van der Waals surface area contributed by atoms with Crippen LogP contribution in [0, 0.1) is 17.8 Å². The molecule has 4 aliphatic rings. The predicted octanol–water partition coefficient (Wildman–Crippen LogP) is 2.37. The topological polar surface area (TPSA) is 121 Å². The summed E-state index contributed by atoms with van der Waals surface area (Å²) >= 11 is 0. The molecule has 1 spiro atoms. The molecule has 2 saturated heterocycles. The van der Waals surface area contributed by atoms with Gasteiger partial charge in [-0.2, -0.15) is 0 Å². The van der Waals surface area contributed by atoms with E-state index in [4.69, 9.17) is 4.74 Å². The number of aliphatic hydroxyl groups is 1. The molecular weight excluding hydrogens is 572 g/mol. The largest absolute Gasteiger partial charge is 0.394 e. The number of fused-ring (bicyclic) bond motifs is 3. The van der Waals surface area contributed by atoms with Gasteiger partial charge in [0, 0.05) is 19.6 Å². The Labute approximate surface area is 261 Å². The Bertz CT molecular complexity index is 1670.